The second kappa shape index (κ2) is 7.02. The summed E-state index contributed by atoms with van der Waals surface area (Å²) < 4.78 is 10.9. The molecule has 0 saturated carbocycles. The smallest absolute Gasteiger partial charge is 0.283 e. The van der Waals surface area contributed by atoms with Gasteiger partial charge in [-0.05, 0) is 44.0 Å². The van der Waals surface area contributed by atoms with Crippen molar-refractivity contribution in [3.8, 4) is 11.7 Å². The van der Waals surface area contributed by atoms with Crippen LogP contribution in [-0.4, -0.2) is 39.5 Å². The van der Waals surface area contributed by atoms with Crippen molar-refractivity contribution in [2.75, 3.05) is 18.0 Å². The van der Waals surface area contributed by atoms with Crippen molar-refractivity contribution in [3.05, 3.63) is 42.1 Å². The van der Waals surface area contributed by atoms with E-state index in [1.165, 1.54) is 0 Å². The summed E-state index contributed by atoms with van der Waals surface area (Å²) in [6, 6.07) is 7.96. The van der Waals surface area contributed by atoms with E-state index >= 15 is 0 Å². The van der Waals surface area contributed by atoms with Gasteiger partial charge in [0, 0.05) is 19.1 Å². The molecule has 1 fully saturated rings. The maximum Gasteiger partial charge on any atom is 0.283 e. The highest BCUT2D eigenvalue weighted by Crippen LogP contribution is 2.19. The summed E-state index contributed by atoms with van der Waals surface area (Å²) in [6.07, 6.45) is 3.80. The van der Waals surface area contributed by atoms with Crippen LogP contribution in [-0.2, 0) is 6.54 Å². The number of anilines is 1. The molecule has 1 atom stereocenters. The highest BCUT2D eigenvalue weighted by molar-refractivity contribution is 5.42. The van der Waals surface area contributed by atoms with Crippen molar-refractivity contribution in [1.29, 1.82) is 0 Å². The number of hydrogen-bond donors (Lipinski definition) is 1. The lowest BCUT2D eigenvalue weighted by molar-refractivity contribution is 0.388. The van der Waals surface area contributed by atoms with Gasteiger partial charge >= 0.3 is 0 Å². The number of rotatable bonds is 5. The second-order valence-electron chi connectivity index (χ2n) is 6.18. The van der Waals surface area contributed by atoms with E-state index in [4.69, 9.17) is 8.83 Å². The molecule has 1 aliphatic heterocycles. The second-order valence-corrected chi connectivity index (χ2v) is 6.18. The molecular formula is C17H20N6O2. The highest BCUT2D eigenvalue weighted by Gasteiger charge is 2.21. The van der Waals surface area contributed by atoms with Crippen molar-refractivity contribution < 1.29 is 8.83 Å². The minimum absolute atomic E-state index is 0.343. The quantitative estimate of drug-likeness (QED) is 0.755. The van der Waals surface area contributed by atoms with E-state index in [1.54, 1.807) is 18.4 Å². The standard InChI is InChI=1S/C17H20N6O2/c1-12-6-7-15(20-19-12)23-8-2-4-13(11-23)18-10-16-21-22-17(25-16)14-5-3-9-24-14/h3,5-7,9,13,18H,2,4,8,10-11H2,1H3. The van der Waals surface area contributed by atoms with Gasteiger partial charge in [-0.15, -0.1) is 15.3 Å². The molecule has 1 saturated heterocycles. The molecule has 4 heterocycles. The fraction of sp³-hybridized carbons (Fsp3) is 0.412. The Balaban J connectivity index is 1.34. The van der Waals surface area contributed by atoms with E-state index in [0.29, 0.717) is 30.1 Å². The summed E-state index contributed by atoms with van der Waals surface area (Å²) in [4.78, 5) is 2.26. The first-order chi connectivity index (χ1) is 12.3. The Morgan fingerprint density at radius 3 is 2.96 bits per heavy atom. The van der Waals surface area contributed by atoms with Crippen LogP contribution in [0.1, 0.15) is 24.4 Å². The Kier molecular flexibility index (Phi) is 4.43. The maximum absolute atomic E-state index is 5.63. The molecule has 4 rings (SSSR count). The predicted octanol–water partition coefficient (Wildman–Crippen LogP) is 2.19. The van der Waals surface area contributed by atoms with E-state index < -0.39 is 0 Å². The normalized spacial score (nSPS) is 17.8. The van der Waals surface area contributed by atoms with Crippen LogP contribution in [0.4, 0.5) is 5.82 Å². The zero-order chi connectivity index (χ0) is 17.1. The molecule has 0 amide bonds. The Bertz CT molecular complexity index is 799. The molecule has 1 aliphatic rings. The highest BCUT2D eigenvalue weighted by atomic mass is 16.4. The summed E-state index contributed by atoms with van der Waals surface area (Å²) in [5.41, 5.74) is 0.930. The predicted molar refractivity (Wildman–Crippen MR) is 90.8 cm³/mol. The third-order valence-corrected chi connectivity index (χ3v) is 4.27. The number of hydrogen-bond acceptors (Lipinski definition) is 8. The molecule has 0 bridgehead atoms. The van der Waals surface area contributed by atoms with E-state index in [1.807, 2.05) is 19.1 Å². The van der Waals surface area contributed by atoms with Gasteiger partial charge in [-0.1, -0.05) is 0 Å². The fourth-order valence-corrected chi connectivity index (χ4v) is 2.97. The monoisotopic (exact) mass is 340 g/mol. The number of nitrogens with one attached hydrogen (secondary N) is 1. The van der Waals surface area contributed by atoms with Crippen LogP contribution in [0.5, 0.6) is 0 Å². The first-order valence-electron chi connectivity index (χ1n) is 8.43. The molecule has 0 spiro atoms. The summed E-state index contributed by atoms with van der Waals surface area (Å²) in [5, 5.41) is 20.0. The van der Waals surface area contributed by atoms with Gasteiger partial charge in [0.05, 0.1) is 18.5 Å². The Hall–Kier alpha value is -2.74. The van der Waals surface area contributed by atoms with Crippen LogP contribution < -0.4 is 10.2 Å². The summed E-state index contributed by atoms with van der Waals surface area (Å²) >= 11 is 0. The van der Waals surface area contributed by atoms with E-state index in [-0.39, 0.29) is 0 Å². The van der Waals surface area contributed by atoms with Gasteiger partial charge in [0.2, 0.25) is 5.89 Å². The Labute approximate surface area is 145 Å². The van der Waals surface area contributed by atoms with Gasteiger partial charge < -0.3 is 19.1 Å². The lowest BCUT2D eigenvalue weighted by atomic mass is 10.1. The van der Waals surface area contributed by atoms with Crippen LogP contribution in [0, 0.1) is 6.92 Å². The van der Waals surface area contributed by atoms with Crippen LogP contribution in [0.3, 0.4) is 0 Å². The zero-order valence-corrected chi connectivity index (χ0v) is 14.1. The molecule has 130 valence electrons. The van der Waals surface area contributed by atoms with E-state index in [9.17, 15) is 0 Å². The first-order valence-corrected chi connectivity index (χ1v) is 8.43. The minimum atomic E-state index is 0.343. The number of aryl methyl sites for hydroxylation is 1. The largest absolute Gasteiger partial charge is 0.459 e. The van der Waals surface area contributed by atoms with Crippen LogP contribution >= 0.6 is 0 Å². The van der Waals surface area contributed by atoms with Crippen molar-refractivity contribution >= 4 is 5.82 Å². The summed E-state index contributed by atoms with van der Waals surface area (Å²) in [7, 11) is 0. The average molecular weight is 340 g/mol. The minimum Gasteiger partial charge on any atom is -0.459 e. The Morgan fingerprint density at radius 2 is 2.16 bits per heavy atom. The molecule has 8 nitrogen and oxygen atoms in total. The van der Waals surface area contributed by atoms with E-state index in [0.717, 1.165) is 37.4 Å². The van der Waals surface area contributed by atoms with Gasteiger partial charge in [-0.25, -0.2) is 0 Å². The van der Waals surface area contributed by atoms with Gasteiger partial charge in [0.1, 0.15) is 0 Å². The number of aromatic nitrogens is 4. The number of nitrogens with zero attached hydrogens (tertiary/aromatic N) is 5. The average Bonchev–Trinajstić information content (AvgIpc) is 3.32. The van der Waals surface area contributed by atoms with Gasteiger partial charge in [-0.3, -0.25) is 0 Å². The SMILES string of the molecule is Cc1ccc(N2CCCC(NCc3nnc(-c4ccco4)o3)C2)nn1. The third-order valence-electron chi connectivity index (χ3n) is 4.27. The van der Waals surface area contributed by atoms with Crippen molar-refractivity contribution in [1.82, 2.24) is 25.7 Å². The molecule has 0 aliphatic carbocycles. The molecule has 3 aromatic heterocycles. The molecule has 0 radical (unpaired) electrons. The topological polar surface area (TPSA) is 93.1 Å². The number of furan rings is 1. The van der Waals surface area contributed by atoms with Crippen molar-refractivity contribution in [2.24, 2.45) is 0 Å². The number of piperidine rings is 1. The van der Waals surface area contributed by atoms with Gasteiger partial charge in [-0.2, -0.15) is 5.10 Å². The lowest BCUT2D eigenvalue weighted by Gasteiger charge is -2.33. The van der Waals surface area contributed by atoms with Crippen LogP contribution in [0.25, 0.3) is 11.7 Å². The maximum atomic E-state index is 5.63. The van der Waals surface area contributed by atoms with Crippen LogP contribution in [0.2, 0.25) is 0 Å². The van der Waals surface area contributed by atoms with E-state index in [2.05, 4.69) is 30.6 Å². The summed E-state index contributed by atoms with van der Waals surface area (Å²) in [5.74, 6) is 2.47. The molecule has 1 N–H and O–H groups in total. The molecule has 25 heavy (non-hydrogen) atoms. The molecular weight excluding hydrogens is 320 g/mol. The molecule has 1 unspecified atom stereocenters. The zero-order valence-electron chi connectivity index (χ0n) is 14.1. The molecule has 8 heteroatoms. The van der Waals surface area contributed by atoms with Gasteiger partial charge in [0.15, 0.2) is 11.6 Å². The van der Waals surface area contributed by atoms with Crippen molar-refractivity contribution in [3.63, 3.8) is 0 Å². The molecule has 0 aromatic carbocycles. The van der Waals surface area contributed by atoms with Crippen LogP contribution in [0.15, 0.2) is 39.4 Å². The fourth-order valence-electron chi connectivity index (χ4n) is 2.97. The molecule has 3 aromatic rings. The third kappa shape index (κ3) is 3.69. The first kappa shape index (κ1) is 15.8. The van der Waals surface area contributed by atoms with Crippen molar-refractivity contribution in [2.45, 2.75) is 32.4 Å². The Morgan fingerprint density at radius 1 is 1.20 bits per heavy atom. The van der Waals surface area contributed by atoms with Gasteiger partial charge in [0.25, 0.3) is 5.89 Å². The summed E-state index contributed by atoms with van der Waals surface area (Å²) in [6.45, 7) is 4.36. The lowest BCUT2D eigenvalue weighted by Crippen LogP contribution is -2.45.